The van der Waals surface area contributed by atoms with Crippen LogP contribution in [0.15, 0.2) is 85.1 Å². The van der Waals surface area contributed by atoms with Gasteiger partial charge in [0.25, 0.3) is 142 Å². The minimum absolute atomic E-state index is 0.00694. The summed E-state index contributed by atoms with van der Waals surface area (Å²) in [7, 11) is 0. The van der Waals surface area contributed by atoms with E-state index in [0.717, 1.165) is 85.3 Å². The van der Waals surface area contributed by atoms with E-state index in [1.54, 1.807) is 0 Å². The van der Waals surface area contributed by atoms with E-state index in [1.165, 1.54) is 29.2 Å². The summed E-state index contributed by atoms with van der Waals surface area (Å²) in [5, 5.41) is 8.15. The molecule has 0 radical (unpaired) electrons. The fourth-order valence-electron chi connectivity index (χ4n) is 13.8. The zero-order chi connectivity index (χ0) is 104. The van der Waals surface area contributed by atoms with Gasteiger partial charge in [0.2, 0.25) is 11.8 Å². The molecule has 5 saturated heterocycles. The van der Waals surface area contributed by atoms with Crippen LogP contribution < -0.4 is 10.6 Å². The molecule has 0 unspecified atom stereocenters. The number of amides is 26. The average molecular weight is 1990 g/mol. The summed E-state index contributed by atoms with van der Waals surface area (Å²) in [5.41, 5.74) is 0. The highest BCUT2D eigenvalue weighted by atomic mass is 16.8. The maximum Gasteiger partial charge on any atom is 0.336 e. The van der Waals surface area contributed by atoms with Gasteiger partial charge in [-0.1, -0.05) is 17.9 Å². The van der Waals surface area contributed by atoms with E-state index in [-0.39, 0.29) is 222 Å². The molecule has 26 amide bonds. The summed E-state index contributed by atoms with van der Waals surface area (Å²) in [5.74, 6) is -16.5. The fourth-order valence-corrected chi connectivity index (χ4v) is 13.8. The van der Waals surface area contributed by atoms with E-state index in [4.69, 9.17) is 19.1 Å². The first-order valence-corrected chi connectivity index (χ1v) is 44.7. The third-order valence-electron chi connectivity index (χ3n) is 21.4. The van der Waals surface area contributed by atoms with E-state index in [0.29, 0.717) is 114 Å². The molecule has 0 bridgehead atoms. The van der Waals surface area contributed by atoms with Gasteiger partial charge in [0, 0.05) is 234 Å². The van der Waals surface area contributed by atoms with Crippen molar-refractivity contribution in [3.8, 4) is 0 Å². The number of hydrogen-bond donors (Lipinski definition) is 2. The van der Waals surface area contributed by atoms with Gasteiger partial charge in [-0.05, 0) is 63.7 Å². The summed E-state index contributed by atoms with van der Waals surface area (Å²) in [6.45, 7) is 2.01. The van der Waals surface area contributed by atoms with Gasteiger partial charge in [-0.25, -0.2) is 28.8 Å². The topological polar surface area (TPSA) is 683 Å². The van der Waals surface area contributed by atoms with Crippen LogP contribution >= 0.6 is 0 Å². The first-order chi connectivity index (χ1) is 67.7. The molecule has 12 heterocycles. The molecule has 0 atom stereocenters. The molecule has 54 nitrogen and oxygen atoms in total. The summed E-state index contributed by atoms with van der Waals surface area (Å²) in [6.07, 6.45) is 22.3. The number of ether oxygens (including phenoxy) is 2. The van der Waals surface area contributed by atoms with Gasteiger partial charge in [0.1, 0.15) is 0 Å². The second-order valence-electron chi connectivity index (χ2n) is 31.7. The monoisotopic (exact) mass is 1990 g/mol. The van der Waals surface area contributed by atoms with Crippen LogP contribution in [0.5, 0.6) is 0 Å². The Bertz CT molecular complexity index is 5120. The van der Waals surface area contributed by atoms with Crippen LogP contribution in [0.1, 0.15) is 180 Å². The molecular weight excluding hydrogens is 1890 g/mol. The first-order valence-electron chi connectivity index (χ1n) is 44.7. The molecule has 1 aliphatic carbocycles. The normalized spacial score (nSPS) is 18.9. The Morgan fingerprint density at radius 1 is 0.232 bits per heavy atom. The van der Waals surface area contributed by atoms with E-state index in [2.05, 4.69) is 30.0 Å². The summed E-state index contributed by atoms with van der Waals surface area (Å²) < 4.78 is 10.4. The van der Waals surface area contributed by atoms with Gasteiger partial charge in [-0.2, -0.15) is 0 Å². The molecule has 0 aromatic heterocycles. The smallest absolute Gasteiger partial charge is 0.336 e. The molecule has 0 aromatic carbocycles. The minimum Gasteiger partial charge on any atom is -0.378 e. The molecule has 2 N–H and O–H groups in total. The lowest BCUT2D eigenvalue weighted by atomic mass is 9.82. The SMILES string of the molecule is O=C(CCCCCN1C(=O)C=CC1=O)ON1C(=O)CCC1=O.O=C(CCCN1C(=O)C=CC1=O)ON1C(=O)CCC1=O.O=C(CCN1C(=O)C=CC1=O)NCCCCCC(=O)ON1C(=O)C=CC1=O.O=C(CCN1C(=O)C=CC1=O)NCCOCCOCCC(=O)ON1C(=O)CCC1=O.O=C(CCN1C(=O)C=CC1=O)ON1C(=O)CCC1=O.O=C(ON1C(=O)CCC1=O)C1CCC(CN2C(=O)C=CC2=O)CC1. The van der Waals surface area contributed by atoms with Crippen molar-refractivity contribution in [2.75, 3.05) is 78.8 Å². The molecule has 142 heavy (non-hydrogen) atoms. The van der Waals surface area contributed by atoms with Crippen molar-refractivity contribution in [3.05, 3.63) is 85.1 Å². The number of carbonyl (C=O) groups is 32. The minimum atomic E-state index is -0.851. The van der Waals surface area contributed by atoms with E-state index >= 15 is 0 Å². The quantitative estimate of drug-likeness (QED) is 0.0440. The lowest BCUT2D eigenvalue weighted by Crippen LogP contribution is -2.38. The zero-order valence-corrected chi connectivity index (χ0v) is 76.2. The third-order valence-corrected chi connectivity index (χ3v) is 21.4. The number of hydrogen-bond acceptors (Lipinski definition) is 40. The highest BCUT2D eigenvalue weighted by Crippen LogP contribution is 2.32. The Hall–Kier alpha value is -16.5. The first kappa shape index (κ1) is 111. The number of imide groups is 12. The molecule has 760 valence electrons. The van der Waals surface area contributed by atoms with Gasteiger partial charge in [0.05, 0.1) is 45.2 Å². The maximum atomic E-state index is 12.1. The second kappa shape index (κ2) is 55.2. The van der Waals surface area contributed by atoms with Crippen LogP contribution in [0.25, 0.3) is 0 Å². The maximum absolute atomic E-state index is 12.1. The molecule has 1 saturated carbocycles. The van der Waals surface area contributed by atoms with Gasteiger partial charge >= 0.3 is 35.8 Å². The van der Waals surface area contributed by atoms with Crippen molar-refractivity contribution < 1.29 is 192 Å². The number of carbonyl (C=O) groups excluding carboxylic acids is 32. The lowest BCUT2D eigenvalue weighted by Gasteiger charge is -2.29. The van der Waals surface area contributed by atoms with Crippen molar-refractivity contribution in [2.24, 2.45) is 11.8 Å². The Morgan fingerprint density at radius 3 is 0.845 bits per heavy atom. The molecule has 6 fully saturated rings. The zero-order valence-electron chi connectivity index (χ0n) is 76.2. The van der Waals surface area contributed by atoms with E-state index < -0.39 is 154 Å². The lowest BCUT2D eigenvalue weighted by molar-refractivity contribution is -0.201. The number of hydroxylamine groups is 12. The molecule has 54 heteroatoms. The molecule has 12 aliphatic heterocycles. The van der Waals surface area contributed by atoms with Gasteiger partial charge < -0.3 is 49.1 Å². The van der Waals surface area contributed by atoms with Crippen LogP contribution in [0, 0.1) is 11.8 Å². The average Bonchev–Trinajstić information content (AvgIpc) is 1.72. The molecular formula is C88H98N14O40. The van der Waals surface area contributed by atoms with E-state index in [9.17, 15) is 153 Å². The van der Waals surface area contributed by atoms with Crippen LogP contribution in [-0.4, -0.2) is 328 Å². The Morgan fingerprint density at radius 2 is 0.493 bits per heavy atom. The van der Waals surface area contributed by atoms with Crippen LogP contribution in [0.4, 0.5) is 0 Å². The number of unbranched alkanes of at least 4 members (excludes halogenated alkanes) is 4. The van der Waals surface area contributed by atoms with Crippen LogP contribution in [0.3, 0.4) is 0 Å². The standard InChI is InChI=1S/C18H23N3O9.C17H19N3O7.C16H18N2O6.C14H16N2O6.C12H12N2O6.C11H10N2O6/c22-13(5-8-20-14(23)1-2-15(20)24)19-7-10-29-12-11-28-9-6-18(27)30-21-16(25)3-4-17(21)26;21-12(9-11-19-13(22)5-6-14(19)23)18-10-3-1-2-4-17(26)27-20-15(24)7-8-16(20)25;19-12-5-6-13(20)17(12)9-10-1-3-11(4-2-10)16(23)24-18-14(21)7-8-15(18)22;17-10-5-6-11(18)15(10)9-3-1-2-4-14(21)22-16-12(19)7-8-13(16)20;15-8-3-4-9(16)13(8)7-1-2-12(19)20-14-10(17)5-6-11(14)18;14-7-1-2-8(15)12(7)6-5-11(18)19-13-9(16)3-4-10(13)17/h1-2H,3-12H2,(H,19,22);5-8H,1-4,9-11H2,(H,18,21);5-6,10-11H,1-4,7-9H2;5-6H,1-4,7-9H2;3-4H,1-2,5-7H2;1-2H,3-6H2. The van der Waals surface area contributed by atoms with Crippen molar-refractivity contribution >= 4 is 189 Å². The predicted molar refractivity (Wildman–Crippen MR) is 456 cm³/mol. The van der Waals surface area contributed by atoms with Gasteiger partial charge in [0.15, 0.2) is 0 Å². The predicted octanol–water partition coefficient (Wildman–Crippen LogP) is -3.58. The second-order valence-corrected chi connectivity index (χ2v) is 31.7. The fraction of sp³-hybridized carbons (Fsp3) is 0.477. The third kappa shape index (κ3) is 34.6. The Balaban J connectivity index is 0.000000210. The molecule has 0 aromatic rings. The summed E-state index contributed by atoms with van der Waals surface area (Å²) in [4.78, 5) is 399. The Kier molecular flexibility index (Phi) is 43.1. The molecule has 13 aliphatic rings. The number of nitrogens with one attached hydrogen (secondary N) is 2. The number of nitrogens with zero attached hydrogens (tertiary/aromatic N) is 12. The highest BCUT2D eigenvalue weighted by Gasteiger charge is 2.41. The largest absolute Gasteiger partial charge is 0.378 e. The summed E-state index contributed by atoms with van der Waals surface area (Å²) in [6, 6.07) is 0. The van der Waals surface area contributed by atoms with Crippen LogP contribution in [-0.2, 0) is 192 Å². The molecule has 0 spiro atoms. The van der Waals surface area contributed by atoms with Crippen molar-refractivity contribution in [1.82, 2.24) is 70.4 Å². The number of rotatable bonds is 43. The highest BCUT2D eigenvalue weighted by molar-refractivity contribution is 6.17. The van der Waals surface area contributed by atoms with Crippen molar-refractivity contribution in [1.29, 1.82) is 0 Å². The van der Waals surface area contributed by atoms with Gasteiger partial charge in [-0.15, -0.1) is 25.3 Å². The van der Waals surface area contributed by atoms with E-state index in [1.807, 2.05) is 0 Å². The van der Waals surface area contributed by atoms with Crippen LogP contribution in [0.2, 0.25) is 0 Å². The van der Waals surface area contributed by atoms with Gasteiger partial charge in [-0.3, -0.25) is 154 Å². The van der Waals surface area contributed by atoms with Crippen molar-refractivity contribution in [3.63, 3.8) is 0 Å². The summed E-state index contributed by atoms with van der Waals surface area (Å²) >= 11 is 0. The van der Waals surface area contributed by atoms with Crippen molar-refractivity contribution in [2.45, 2.75) is 180 Å². The Labute approximate surface area is 804 Å². The molecule has 13 rings (SSSR count).